The topological polar surface area (TPSA) is 38.9 Å². The Kier molecular flexibility index (Phi) is 3.71. The van der Waals surface area contributed by atoms with Crippen molar-refractivity contribution in [2.24, 2.45) is 11.7 Å². The fourth-order valence-corrected chi connectivity index (χ4v) is 2.76. The van der Waals surface area contributed by atoms with Crippen LogP contribution in [0.15, 0.2) is 0 Å². The number of halogens is 1. The van der Waals surface area contributed by atoms with Crippen molar-refractivity contribution in [3.8, 4) is 0 Å². The predicted octanol–water partition coefficient (Wildman–Crippen LogP) is 1.94. The second kappa shape index (κ2) is 4.40. The van der Waals surface area contributed by atoms with Crippen molar-refractivity contribution in [2.75, 3.05) is 6.54 Å². The Bertz CT molecular complexity index is 285. The smallest absolute Gasteiger partial charge is 0.0900 e. The summed E-state index contributed by atoms with van der Waals surface area (Å²) in [5.74, 6) is 0.680. The van der Waals surface area contributed by atoms with Crippen LogP contribution < -0.4 is 5.73 Å². The third kappa shape index (κ3) is 2.22. The highest BCUT2D eigenvalue weighted by Gasteiger charge is 2.20. The molecule has 0 amide bonds. The van der Waals surface area contributed by atoms with E-state index in [0.29, 0.717) is 5.92 Å². The molecule has 2 nitrogen and oxygen atoms in total. The number of aryl methyl sites for hydroxylation is 2. The van der Waals surface area contributed by atoms with E-state index in [1.165, 1.54) is 28.4 Å². The summed E-state index contributed by atoms with van der Waals surface area (Å²) in [5.41, 5.74) is 6.96. The standard InChI is InChI=1S/C9H14N2S.ClH/c1-6-11-8-4-7(5-10)2-3-9(8)12-6;/h7H,2-5,10H2,1H3;1H. The number of rotatable bonds is 1. The zero-order chi connectivity index (χ0) is 8.55. The van der Waals surface area contributed by atoms with Crippen LogP contribution in [0.1, 0.15) is 22.0 Å². The average Bonchev–Trinajstić information content (AvgIpc) is 2.43. The summed E-state index contributed by atoms with van der Waals surface area (Å²) in [5, 5.41) is 1.21. The van der Waals surface area contributed by atoms with Crippen LogP contribution in [0.4, 0.5) is 0 Å². The van der Waals surface area contributed by atoms with Crippen LogP contribution in [0, 0.1) is 12.8 Å². The van der Waals surface area contributed by atoms with Crippen LogP contribution >= 0.6 is 23.7 Å². The van der Waals surface area contributed by atoms with Crippen LogP contribution in [0.2, 0.25) is 0 Å². The first-order chi connectivity index (χ1) is 5.79. The number of hydrogen-bond acceptors (Lipinski definition) is 3. The molecule has 2 rings (SSSR count). The highest BCUT2D eigenvalue weighted by Crippen LogP contribution is 2.28. The van der Waals surface area contributed by atoms with Gasteiger partial charge in [-0.2, -0.15) is 0 Å². The first kappa shape index (κ1) is 11.0. The average molecular weight is 219 g/mol. The third-order valence-corrected chi connectivity index (χ3v) is 3.55. The van der Waals surface area contributed by atoms with Crippen LogP contribution in [-0.4, -0.2) is 11.5 Å². The van der Waals surface area contributed by atoms with E-state index in [-0.39, 0.29) is 12.4 Å². The molecule has 1 aliphatic carbocycles. The van der Waals surface area contributed by atoms with E-state index < -0.39 is 0 Å². The fourth-order valence-electron chi connectivity index (χ4n) is 1.78. The van der Waals surface area contributed by atoms with Crippen molar-refractivity contribution in [3.63, 3.8) is 0 Å². The predicted molar refractivity (Wildman–Crippen MR) is 58.7 cm³/mol. The maximum absolute atomic E-state index is 5.64. The van der Waals surface area contributed by atoms with Crippen molar-refractivity contribution in [1.82, 2.24) is 4.98 Å². The number of thiazole rings is 1. The number of hydrogen-bond donors (Lipinski definition) is 1. The van der Waals surface area contributed by atoms with Gasteiger partial charge < -0.3 is 5.73 Å². The molecule has 13 heavy (non-hydrogen) atoms. The minimum Gasteiger partial charge on any atom is -0.330 e. The van der Waals surface area contributed by atoms with Gasteiger partial charge in [0.1, 0.15) is 0 Å². The molecule has 74 valence electrons. The molecule has 2 N–H and O–H groups in total. The Labute approximate surface area is 89.0 Å². The van der Waals surface area contributed by atoms with Crippen molar-refractivity contribution in [1.29, 1.82) is 0 Å². The van der Waals surface area contributed by atoms with Crippen LogP contribution in [-0.2, 0) is 12.8 Å². The van der Waals surface area contributed by atoms with Gasteiger partial charge in [-0.25, -0.2) is 4.98 Å². The molecule has 1 heterocycles. The zero-order valence-corrected chi connectivity index (χ0v) is 9.38. The molecule has 0 saturated heterocycles. The lowest BCUT2D eigenvalue weighted by Crippen LogP contribution is -2.21. The van der Waals surface area contributed by atoms with Gasteiger partial charge >= 0.3 is 0 Å². The molecule has 0 fully saturated rings. The number of nitrogens with zero attached hydrogens (tertiary/aromatic N) is 1. The molecule has 1 aromatic rings. The molecular formula is C9H15ClN2S. The van der Waals surface area contributed by atoms with Crippen LogP contribution in [0.25, 0.3) is 0 Å². The zero-order valence-electron chi connectivity index (χ0n) is 7.75. The number of nitrogens with two attached hydrogens (primary N) is 1. The van der Waals surface area contributed by atoms with Gasteiger partial charge in [-0.05, 0) is 38.6 Å². The summed E-state index contributed by atoms with van der Waals surface area (Å²) in [6.07, 6.45) is 3.56. The first-order valence-electron chi connectivity index (χ1n) is 4.45. The maximum atomic E-state index is 5.64. The van der Waals surface area contributed by atoms with Crippen molar-refractivity contribution >= 4 is 23.7 Å². The fraction of sp³-hybridized carbons (Fsp3) is 0.667. The molecule has 4 heteroatoms. The summed E-state index contributed by atoms with van der Waals surface area (Å²) in [4.78, 5) is 6.01. The Morgan fingerprint density at radius 1 is 1.62 bits per heavy atom. The van der Waals surface area contributed by atoms with Crippen LogP contribution in [0.3, 0.4) is 0 Å². The minimum atomic E-state index is 0. The normalized spacial score (nSPS) is 20.6. The molecule has 0 spiro atoms. The van der Waals surface area contributed by atoms with Crippen molar-refractivity contribution in [3.05, 3.63) is 15.6 Å². The minimum absolute atomic E-state index is 0. The van der Waals surface area contributed by atoms with E-state index in [1.807, 2.05) is 11.3 Å². The monoisotopic (exact) mass is 218 g/mol. The quantitative estimate of drug-likeness (QED) is 0.783. The Morgan fingerprint density at radius 2 is 2.38 bits per heavy atom. The Morgan fingerprint density at radius 3 is 3.08 bits per heavy atom. The van der Waals surface area contributed by atoms with Gasteiger partial charge in [-0.1, -0.05) is 0 Å². The van der Waals surface area contributed by atoms with E-state index in [9.17, 15) is 0 Å². The maximum Gasteiger partial charge on any atom is 0.0900 e. The van der Waals surface area contributed by atoms with Gasteiger partial charge in [0.25, 0.3) is 0 Å². The number of fused-ring (bicyclic) bond motifs is 1. The van der Waals surface area contributed by atoms with E-state index in [0.717, 1.165) is 13.0 Å². The molecule has 1 aliphatic rings. The van der Waals surface area contributed by atoms with Gasteiger partial charge in [-0.3, -0.25) is 0 Å². The second-order valence-corrected chi connectivity index (χ2v) is 4.74. The van der Waals surface area contributed by atoms with E-state index in [2.05, 4.69) is 11.9 Å². The Hall–Kier alpha value is -0.120. The molecule has 0 aromatic carbocycles. The van der Waals surface area contributed by atoms with Gasteiger partial charge in [0.15, 0.2) is 0 Å². The Balaban J connectivity index is 0.000000845. The van der Waals surface area contributed by atoms with Gasteiger partial charge in [0, 0.05) is 4.88 Å². The molecular weight excluding hydrogens is 204 g/mol. The van der Waals surface area contributed by atoms with Crippen LogP contribution in [0.5, 0.6) is 0 Å². The molecule has 0 bridgehead atoms. The second-order valence-electron chi connectivity index (χ2n) is 3.45. The molecule has 0 aliphatic heterocycles. The van der Waals surface area contributed by atoms with Gasteiger partial charge in [0.05, 0.1) is 10.7 Å². The molecule has 1 atom stereocenters. The highest BCUT2D eigenvalue weighted by atomic mass is 35.5. The van der Waals surface area contributed by atoms with Crippen molar-refractivity contribution in [2.45, 2.75) is 26.2 Å². The molecule has 1 aromatic heterocycles. The van der Waals surface area contributed by atoms with Crippen molar-refractivity contribution < 1.29 is 0 Å². The summed E-state index contributed by atoms with van der Waals surface area (Å²) < 4.78 is 0. The third-order valence-electron chi connectivity index (χ3n) is 2.48. The van der Waals surface area contributed by atoms with Gasteiger partial charge in [0.2, 0.25) is 0 Å². The SMILES string of the molecule is Cc1nc2c(s1)CCC(CN)C2.Cl. The lowest BCUT2D eigenvalue weighted by molar-refractivity contribution is 0.466. The summed E-state index contributed by atoms with van der Waals surface area (Å²) >= 11 is 1.85. The summed E-state index contributed by atoms with van der Waals surface area (Å²) in [6.45, 7) is 2.90. The van der Waals surface area contributed by atoms with E-state index >= 15 is 0 Å². The summed E-state index contributed by atoms with van der Waals surface area (Å²) in [7, 11) is 0. The molecule has 0 saturated carbocycles. The first-order valence-corrected chi connectivity index (χ1v) is 5.26. The number of aromatic nitrogens is 1. The van der Waals surface area contributed by atoms with E-state index in [1.54, 1.807) is 0 Å². The van der Waals surface area contributed by atoms with Gasteiger partial charge in [-0.15, -0.1) is 23.7 Å². The lowest BCUT2D eigenvalue weighted by atomic mass is 9.91. The molecule has 1 unspecified atom stereocenters. The lowest BCUT2D eigenvalue weighted by Gasteiger charge is -2.18. The van der Waals surface area contributed by atoms with E-state index in [4.69, 9.17) is 5.73 Å². The molecule has 0 radical (unpaired) electrons. The largest absolute Gasteiger partial charge is 0.330 e. The highest BCUT2D eigenvalue weighted by molar-refractivity contribution is 7.11. The summed E-state index contributed by atoms with van der Waals surface area (Å²) in [6, 6.07) is 0.